The number of hydrogen-bond donors (Lipinski definition) is 2. The number of anilines is 1. The van der Waals surface area contributed by atoms with Crippen molar-refractivity contribution in [2.24, 2.45) is 0 Å². The average molecular weight is 252 g/mol. The van der Waals surface area contributed by atoms with Crippen molar-refractivity contribution in [1.82, 2.24) is 14.9 Å². The lowest BCUT2D eigenvalue weighted by atomic mass is 10.2. The van der Waals surface area contributed by atoms with Gasteiger partial charge in [0.25, 0.3) is 5.91 Å². The molecule has 0 aliphatic rings. The number of nitrogens with zero attached hydrogens (tertiary/aromatic N) is 3. The summed E-state index contributed by atoms with van der Waals surface area (Å²) < 4.78 is 0. The Balaban J connectivity index is 2.46. The molecule has 0 spiro atoms. The summed E-state index contributed by atoms with van der Waals surface area (Å²) in [4.78, 5) is 21.7. The van der Waals surface area contributed by atoms with Gasteiger partial charge in [-0.15, -0.1) is 0 Å². The van der Waals surface area contributed by atoms with Gasteiger partial charge in [0.2, 0.25) is 0 Å². The summed E-state index contributed by atoms with van der Waals surface area (Å²) in [5, 5.41) is 11.5. The Kier molecular flexibility index (Phi) is 6.07. The third kappa shape index (κ3) is 4.29. The Morgan fingerprint density at radius 2 is 2.11 bits per heavy atom. The SMILES string of the molecule is CNc1cnc(C(=O)N(C)CCCCCO)cn1. The molecule has 0 unspecified atom stereocenters. The predicted molar refractivity (Wildman–Crippen MR) is 69.5 cm³/mol. The highest BCUT2D eigenvalue weighted by Crippen LogP contribution is 2.04. The molecule has 1 rings (SSSR count). The van der Waals surface area contributed by atoms with Crippen LogP contribution in [0.5, 0.6) is 0 Å². The van der Waals surface area contributed by atoms with Crippen LogP contribution >= 0.6 is 0 Å². The topological polar surface area (TPSA) is 78.4 Å². The van der Waals surface area contributed by atoms with Gasteiger partial charge in [-0.3, -0.25) is 4.79 Å². The second-order valence-corrected chi connectivity index (χ2v) is 4.05. The van der Waals surface area contributed by atoms with Crippen molar-refractivity contribution in [3.63, 3.8) is 0 Å². The molecule has 18 heavy (non-hydrogen) atoms. The highest BCUT2D eigenvalue weighted by molar-refractivity contribution is 5.91. The van der Waals surface area contributed by atoms with Gasteiger partial charge in [-0.1, -0.05) is 0 Å². The lowest BCUT2D eigenvalue weighted by Crippen LogP contribution is -2.28. The first-order valence-electron chi connectivity index (χ1n) is 6.05. The van der Waals surface area contributed by atoms with Gasteiger partial charge in [-0.25, -0.2) is 9.97 Å². The number of amides is 1. The number of aliphatic hydroxyl groups is 1. The van der Waals surface area contributed by atoms with Gasteiger partial charge < -0.3 is 15.3 Å². The van der Waals surface area contributed by atoms with Crippen LogP contribution in [0.15, 0.2) is 12.4 Å². The minimum atomic E-state index is -0.130. The van der Waals surface area contributed by atoms with E-state index in [0.717, 1.165) is 19.3 Å². The maximum Gasteiger partial charge on any atom is 0.273 e. The van der Waals surface area contributed by atoms with E-state index in [9.17, 15) is 4.79 Å². The summed E-state index contributed by atoms with van der Waals surface area (Å²) in [5.41, 5.74) is 0.346. The second kappa shape index (κ2) is 7.60. The molecule has 0 saturated carbocycles. The molecule has 0 bridgehead atoms. The molecule has 0 radical (unpaired) electrons. The van der Waals surface area contributed by atoms with Crippen LogP contribution in [0.2, 0.25) is 0 Å². The standard InChI is InChI=1S/C12H20N4O2/c1-13-11-9-14-10(8-15-11)12(18)16(2)6-4-3-5-7-17/h8-9,17H,3-7H2,1-2H3,(H,13,15). The van der Waals surface area contributed by atoms with Crippen LogP contribution in [0.1, 0.15) is 29.8 Å². The van der Waals surface area contributed by atoms with Gasteiger partial charge in [0.1, 0.15) is 11.5 Å². The van der Waals surface area contributed by atoms with Gasteiger partial charge in [-0.2, -0.15) is 0 Å². The predicted octanol–water partition coefficient (Wildman–Crippen LogP) is 0.753. The summed E-state index contributed by atoms with van der Waals surface area (Å²) in [7, 11) is 3.49. The van der Waals surface area contributed by atoms with E-state index in [0.29, 0.717) is 18.1 Å². The zero-order chi connectivity index (χ0) is 13.4. The molecule has 2 N–H and O–H groups in total. The monoisotopic (exact) mass is 252 g/mol. The van der Waals surface area contributed by atoms with E-state index in [2.05, 4.69) is 15.3 Å². The first-order chi connectivity index (χ1) is 8.69. The van der Waals surface area contributed by atoms with E-state index < -0.39 is 0 Å². The minimum absolute atomic E-state index is 0.130. The van der Waals surface area contributed by atoms with Crippen LogP contribution < -0.4 is 5.32 Å². The number of aliphatic hydroxyl groups excluding tert-OH is 1. The largest absolute Gasteiger partial charge is 0.396 e. The summed E-state index contributed by atoms with van der Waals surface area (Å²) in [5.74, 6) is 0.506. The molecule has 0 aliphatic carbocycles. The first-order valence-corrected chi connectivity index (χ1v) is 6.05. The van der Waals surface area contributed by atoms with Crippen molar-refractivity contribution >= 4 is 11.7 Å². The van der Waals surface area contributed by atoms with E-state index in [-0.39, 0.29) is 12.5 Å². The molecule has 6 nitrogen and oxygen atoms in total. The third-order valence-corrected chi connectivity index (χ3v) is 2.63. The highest BCUT2D eigenvalue weighted by atomic mass is 16.2. The number of rotatable bonds is 7. The Morgan fingerprint density at radius 3 is 2.67 bits per heavy atom. The van der Waals surface area contributed by atoms with E-state index in [1.807, 2.05) is 0 Å². The minimum Gasteiger partial charge on any atom is -0.396 e. The maximum atomic E-state index is 12.0. The summed E-state index contributed by atoms with van der Waals surface area (Å²) in [6, 6.07) is 0. The van der Waals surface area contributed by atoms with Crippen molar-refractivity contribution < 1.29 is 9.90 Å². The van der Waals surface area contributed by atoms with Crippen molar-refractivity contribution in [1.29, 1.82) is 0 Å². The fraction of sp³-hybridized carbons (Fsp3) is 0.583. The van der Waals surface area contributed by atoms with Gasteiger partial charge >= 0.3 is 0 Å². The van der Waals surface area contributed by atoms with Crippen molar-refractivity contribution in [3.8, 4) is 0 Å². The van der Waals surface area contributed by atoms with Crippen LogP contribution in [0.3, 0.4) is 0 Å². The molecule has 1 aromatic rings. The zero-order valence-electron chi connectivity index (χ0n) is 10.9. The number of carbonyl (C=O) groups is 1. The van der Waals surface area contributed by atoms with E-state index in [1.165, 1.54) is 12.4 Å². The Morgan fingerprint density at radius 1 is 1.33 bits per heavy atom. The Bertz CT molecular complexity index is 367. The van der Waals surface area contributed by atoms with Crippen molar-refractivity contribution in [3.05, 3.63) is 18.1 Å². The molecule has 1 heterocycles. The van der Waals surface area contributed by atoms with E-state index in [1.54, 1.807) is 19.0 Å². The van der Waals surface area contributed by atoms with Crippen LogP contribution in [-0.2, 0) is 0 Å². The number of unbranched alkanes of at least 4 members (excludes halogenated alkanes) is 2. The molecule has 1 aromatic heterocycles. The Labute approximate surface area is 107 Å². The zero-order valence-corrected chi connectivity index (χ0v) is 10.9. The molecule has 100 valence electrons. The quantitative estimate of drug-likeness (QED) is 0.700. The third-order valence-electron chi connectivity index (χ3n) is 2.63. The first kappa shape index (κ1) is 14.4. The lowest BCUT2D eigenvalue weighted by Gasteiger charge is -2.16. The normalized spacial score (nSPS) is 10.2. The summed E-state index contributed by atoms with van der Waals surface area (Å²) in [6.45, 7) is 0.864. The van der Waals surface area contributed by atoms with Crippen LogP contribution in [0, 0.1) is 0 Å². The van der Waals surface area contributed by atoms with Crippen molar-refractivity contribution in [2.45, 2.75) is 19.3 Å². The van der Waals surface area contributed by atoms with E-state index in [4.69, 9.17) is 5.11 Å². The number of nitrogens with one attached hydrogen (secondary N) is 1. The number of hydrogen-bond acceptors (Lipinski definition) is 5. The average Bonchev–Trinajstić information content (AvgIpc) is 2.42. The highest BCUT2D eigenvalue weighted by Gasteiger charge is 2.12. The number of aromatic nitrogens is 2. The molecule has 0 aromatic carbocycles. The lowest BCUT2D eigenvalue weighted by molar-refractivity contribution is 0.0786. The molecular formula is C12H20N4O2. The molecule has 0 saturated heterocycles. The van der Waals surface area contributed by atoms with Crippen LogP contribution in [0.4, 0.5) is 5.82 Å². The number of carbonyl (C=O) groups excluding carboxylic acids is 1. The maximum absolute atomic E-state index is 12.0. The molecular weight excluding hydrogens is 232 g/mol. The smallest absolute Gasteiger partial charge is 0.273 e. The van der Waals surface area contributed by atoms with Crippen LogP contribution in [0.25, 0.3) is 0 Å². The van der Waals surface area contributed by atoms with Gasteiger partial charge in [0.15, 0.2) is 0 Å². The fourth-order valence-corrected chi connectivity index (χ4v) is 1.50. The molecule has 0 fully saturated rings. The van der Waals surface area contributed by atoms with E-state index >= 15 is 0 Å². The molecule has 6 heteroatoms. The molecule has 1 amide bonds. The summed E-state index contributed by atoms with van der Waals surface area (Å²) in [6.07, 6.45) is 5.58. The summed E-state index contributed by atoms with van der Waals surface area (Å²) >= 11 is 0. The molecule has 0 atom stereocenters. The second-order valence-electron chi connectivity index (χ2n) is 4.05. The van der Waals surface area contributed by atoms with Gasteiger partial charge in [0, 0.05) is 27.2 Å². The Hall–Kier alpha value is -1.69. The fourth-order valence-electron chi connectivity index (χ4n) is 1.50. The van der Waals surface area contributed by atoms with Crippen LogP contribution in [-0.4, -0.2) is 53.1 Å². The van der Waals surface area contributed by atoms with Gasteiger partial charge in [-0.05, 0) is 19.3 Å². The molecule has 0 aliphatic heterocycles. The van der Waals surface area contributed by atoms with Gasteiger partial charge in [0.05, 0.1) is 12.4 Å². The van der Waals surface area contributed by atoms with Crippen molar-refractivity contribution in [2.75, 3.05) is 32.6 Å².